The highest BCUT2D eigenvalue weighted by atomic mass is 31.2. The smallest absolute Gasteiger partial charge is 0.387 e. The maximum absolute atomic E-state index is 13.0. The van der Waals surface area contributed by atoms with Crippen molar-refractivity contribution in [3.05, 3.63) is 109 Å². The molecule has 0 spiro atoms. The number of phosphoric ester groups is 1. The van der Waals surface area contributed by atoms with Gasteiger partial charge >= 0.3 is 7.82 Å². The van der Waals surface area contributed by atoms with Gasteiger partial charge in [-0.05, 0) is 96.3 Å². The molecule has 0 aliphatic heterocycles. The van der Waals surface area contributed by atoms with Crippen molar-refractivity contribution in [2.45, 2.75) is 289 Å². The summed E-state index contributed by atoms with van der Waals surface area (Å²) in [6.45, 7) is 4.69. The molecule has 0 radical (unpaired) electrons. The number of aliphatic hydroxyl groups is 1. The molecule has 0 saturated heterocycles. The van der Waals surface area contributed by atoms with Crippen LogP contribution in [0.3, 0.4) is 0 Å². The van der Waals surface area contributed by atoms with Crippen LogP contribution in [0.5, 0.6) is 0 Å². The number of phosphoric acid groups is 1. The first kappa shape index (κ1) is 76.2. The van der Waals surface area contributed by atoms with E-state index in [0.717, 1.165) is 83.5 Å². The number of nitrogens with zero attached hydrogens (tertiary/aromatic N) is 1. The number of likely N-dealkylation sites (N-methyl/N-ethyl adjacent to an activating group) is 1. The Hall–Kier alpha value is -2.84. The summed E-state index contributed by atoms with van der Waals surface area (Å²) in [6, 6.07) is -0.876. The summed E-state index contributed by atoms with van der Waals surface area (Å²) in [7, 11) is 1.54. The molecule has 0 heterocycles. The van der Waals surface area contributed by atoms with Gasteiger partial charge in [0.25, 0.3) is 0 Å². The summed E-state index contributed by atoms with van der Waals surface area (Å²) >= 11 is 0. The van der Waals surface area contributed by atoms with E-state index in [4.69, 9.17) is 9.05 Å². The summed E-state index contributed by atoms with van der Waals surface area (Å²) in [5.74, 6) is -0.192. The van der Waals surface area contributed by atoms with Crippen LogP contribution in [0.4, 0.5) is 0 Å². The van der Waals surface area contributed by atoms with E-state index < -0.39 is 20.0 Å². The van der Waals surface area contributed by atoms with Gasteiger partial charge in [0.2, 0.25) is 5.91 Å². The average molecular weight is 1120 g/mol. The maximum Gasteiger partial charge on any atom is 0.472 e. The van der Waals surface area contributed by atoms with Crippen LogP contribution in [-0.2, 0) is 18.4 Å². The molecule has 8 nitrogen and oxygen atoms in total. The molecule has 3 N–H and O–H groups in total. The Bertz CT molecular complexity index is 1650. The predicted octanol–water partition coefficient (Wildman–Crippen LogP) is 20.7. The lowest BCUT2D eigenvalue weighted by Gasteiger charge is -2.25. The monoisotopic (exact) mass is 1120 g/mol. The zero-order valence-corrected chi connectivity index (χ0v) is 53.0. The van der Waals surface area contributed by atoms with Crippen molar-refractivity contribution in [3.8, 4) is 0 Å². The number of rotatable bonds is 59. The number of aliphatic hydroxyl groups excluding tert-OH is 1. The highest BCUT2D eigenvalue weighted by Crippen LogP contribution is 2.43. The molecule has 3 atom stereocenters. The number of amides is 1. The molecule has 0 aliphatic rings. The number of carbonyl (C=O) groups excluding carboxylic acids is 1. The van der Waals surface area contributed by atoms with E-state index in [1.807, 2.05) is 27.2 Å². The molecule has 79 heavy (non-hydrogen) atoms. The van der Waals surface area contributed by atoms with Gasteiger partial charge in [-0.2, -0.15) is 0 Å². The average Bonchev–Trinajstić information content (AvgIpc) is 3.42. The fourth-order valence-electron chi connectivity index (χ4n) is 9.14. The second kappa shape index (κ2) is 59.8. The summed E-state index contributed by atoms with van der Waals surface area (Å²) in [6.07, 6.45) is 87.9. The van der Waals surface area contributed by atoms with Crippen molar-refractivity contribution in [3.63, 3.8) is 0 Å². The molecule has 0 aromatic carbocycles. The van der Waals surface area contributed by atoms with Gasteiger partial charge in [0, 0.05) is 6.42 Å². The number of quaternary nitrogens is 1. The minimum absolute atomic E-state index is 0.0501. The highest BCUT2D eigenvalue weighted by molar-refractivity contribution is 7.47. The van der Waals surface area contributed by atoms with Crippen molar-refractivity contribution in [1.29, 1.82) is 0 Å². The molecule has 0 aliphatic carbocycles. The summed E-state index contributed by atoms with van der Waals surface area (Å²) in [4.78, 5) is 23.4. The first-order chi connectivity index (χ1) is 38.5. The third-order valence-electron chi connectivity index (χ3n) is 14.2. The number of unbranched alkanes of at least 4 members (excludes halogenated alkanes) is 30. The highest BCUT2D eigenvalue weighted by Gasteiger charge is 2.27. The third-order valence-corrected chi connectivity index (χ3v) is 15.2. The van der Waals surface area contributed by atoms with Gasteiger partial charge in [0.1, 0.15) is 13.2 Å². The Kier molecular flexibility index (Phi) is 57.6. The number of hydrogen-bond acceptors (Lipinski definition) is 5. The van der Waals surface area contributed by atoms with Crippen LogP contribution in [0.1, 0.15) is 277 Å². The second-order valence-corrected chi connectivity index (χ2v) is 24.5. The Labute approximate surface area is 489 Å². The van der Waals surface area contributed by atoms with Gasteiger partial charge in [-0.15, -0.1) is 0 Å². The van der Waals surface area contributed by atoms with Crippen LogP contribution in [0, 0.1) is 0 Å². The lowest BCUT2D eigenvalue weighted by Crippen LogP contribution is -2.45. The molecule has 0 fully saturated rings. The number of carbonyl (C=O) groups is 1. The van der Waals surface area contributed by atoms with Crippen LogP contribution in [0.2, 0.25) is 0 Å². The fourth-order valence-corrected chi connectivity index (χ4v) is 9.87. The lowest BCUT2D eigenvalue weighted by molar-refractivity contribution is -0.870. The van der Waals surface area contributed by atoms with Crippen molar-refractivity contribution >= 4 is 13.7 Å². The normalized spacial score (nSPS) is 14.5. The zero-order valence-electron chi connectivity index (χ0n) is 52.1. The largest absolute Gasteiger partial charge is 0.472 e. The third kappa shape index (κ3) is 62.6. The van der Waals surface area contributed by atoms with Crippen molar-refractivity contribution < 1.29 is 32.9 Å². The van der Waals surface area contributed by atoms with Gasteiger partial charge < -0.3 is 19.8 Å². The molecule has 0 rings (SSSR count). The molecule has 1 amide bonds. The predicted molar refractivity (Wildman–Crippen MR) is 345 cm³/mol. The van der Waals surface area contributed by atoms with E-state index in [9.17, 15) is 19.4 Å². The molecule has 9 heteroatoms. The van der Waals surface area contributed by atoms with E-state index >= 15 is 0 Å². The molecular formula is C70H126N2O6P+. The van der Waals surface area contributed by atoms with E-state index in [1.54, 1.807) is 6.08 Å². The van der Waals surface area contributed by atoms with E-state index in [2.05, 4.69) is 116 Å². The van der Waals surface area contributed by atoms with E-state index in [1.165, 1.54) is 173 Å². The lowest BCUT2D eigenvalue weighted by atomic mass is 10.0. The summed E-state index contributed by atoms with van der Waals surface area (Å²) in [5, 5.41) is 14.0. The number of allylic oxidation sites excluding steroid dienone is 17. The quantitative estimate of drug-likeness (QED) is 0.0243. The minimum Gasteiger partial charge on any atom is -0.387 e. The fraction of sp³-hybridized carbons (Fsp3) is 0.729. The zero-order chi connectivity index (χ0) is 57.7. The number of nitrogens with one attached hydrogen (secondary N) is 1. The Morgan fingerprint density at radius 2 is 0.772 bits per heavy atom. The minimum atomic E-state index is -4.37. The van der Waals surface area contributed by atoms with Gasteiger partial charge in [-0.3, -0.25) is 13.8 Å². The van der Waals surface area contributed by atoms with Crippen molar-refractivity contribution in [2.75, 3.05) is 40.9 Å². The maximum atomic E-state index is 13.0. The van der Waals surface area contributed by atoms with Crippen molar-refractivity contribution in [2.24, 2.45) is 0 Å². The Morgan fingerprint density at radius 3 is 1.16 bits per heavy atom. The van der Waals surface area contributed by atoms with Crippen LogP contribution >= 0.6 is 7.82 Å². The Balaban J connectivity index is 4.14. The number of hydrogen-bond donors (Lipinski definition) is 3. The van der Waals surface area contributed by atoms with E-state index in [-0.39, 0.29) is 19.1 Å². The molecule has 0 aromatic rings. The molecule has 3 unspecified atom stereocenters. The van der Waals surface area contributed by atoms with Gasteiger partial charge in [0.15, 0.2) is 0 Å². The molecule has 0 aromatic heterocycles. The van der Waals surface area contributed by atoms with Crippen molar-refractivity contribution in [1.82, 2.24) is 5.32 Å². The van der Waals surface area contributed by atoms with Gasteiger partial charge in [-0.1, -0.05) is 284 Å². The summed E-state index contributed by atoms with van der Waals surface area (Å²) in [5.41, 5.74) is 0. The van der Waals surface area contributed by atoms with Crippen LogP contribution in [-0.4, -0.2) is 73.4 Å². The standard InChI is InChI=1S/C70H125N2O6P/c1-6-8-10-12-14-16-18-20-22-24-26-28-30-31-32-33-34-35-36-37-38-39-40-41-42-44-46-48-50-52-54-56-58-60-62-64-70(74)71-68(67-78-79(75,76)77-66-65-72(3,4)5)69(73)63-61-59-57-55-53-51-49-47-45-43-29-27-25-23-21-19-17-15-13-11-9-7-2/h8,10,14,16,20,22,26,28,31-32,34-35,45,47,53,55,61,63,68-69,73H,6-7,9,11-13,15,17-19,21,23-25,27,29-30,33,36-44,46,48-52,54,56-60,62,64-67H2,1-5H3,(H-,71,74,75,76)/p+1/b10-8-,16-14-,22-20-,28-26-,32-31-,35-34-,47-45+,55-53+,63-61+. The second-order valence-electron chi connectivity index (χ2n) is 23.1. The first-order valence-corrected chi connectivity index (χ1v) is 34.3. The van der Waals surface area contributed by atoms with Crippen LogP contribution in [0.15, 0.2) is 109 Å². The van der Waals surface area contributed by atoms with Crippen LogP contribution in [0.25, 0.3) is 0 Å². The van der Waals surface area contributed by atoms with E-state index in [0.29, 0.717) is 17.4 Å². The van der Waals surface area contributed by atoms with Crippen LogP contribution < -0.4 is 5.32 Å². The van der Waals surface area contributed by atoms with Gasteiger partial charge in [-0.25, -0.2) is 4.57 Å². The topological polar surface area (TPSA) is 105 Å². The first-order valence-electron chi connectivity index (χ1n) is 32.8. The molecule has 456 valence electrons. The SMILES string of the molecule is CC/C=C\C/C=C\C/C=C\C/C=C\C/C=C\C/C=C\CCCCCCCCCCCCCCCCCCC(=O)NC(COP(=O)(O)OCC[N+](C)(C)C)C(O)/C=C/CC/C=C/CC/C=C/CCCCCCCCCCCCCC. The molecule has 0 bridgehead atoms. The molecular weight excluding hydrogens is 996 g/mol. The molecule has 0 saturated carbocycles. The summed E-state index contributed by atoms with van der Waals surface area (Å²) < 4.78 is 23.7. The van der Waals surface area contributed by atoms with Gasteiger partial charge in [0.05, 0.1) is 39.9 Å². The Morgan fingerprint density at radius 1 is 0.443 bits per heavy atom.